The number of benzene rings is 1. The number of ether oxygens (including phenoxy) is 1. The normalized spacial score (nSPS) is 15.5. The number of rotatable bonds is 4. The van der Waals surface area contributed by atoms with Gasteiger partial charge in [-0.05, 0) is 26.0 Å². The monoisotopic (exact) mass is 303 g/mol. The van der Waals surface area contributed by atoms with E-state index in [2.05, 4.69) is 58.7 Å². The molecule has 0 spiro atoms. The summed E-state index contributed by atoms with van der Waals surface area (Å²) >= 11 is 1.66. The van der Waals surface area contributed by atoms with Crippen LogP contribution in [0.5, 0.6) is 0 Å². The molecule has 4 nitrogen and oxygen atoms in total. The largest absolute Gasteiger partial charge is 0.378 e. The van der Waals surface area contributed by atoms with Crippen molar-refractivity contribution in [2.75, 3.05) is 36.5 Å². The summed E-state index contributed by atoms with van der Waals surface area (Å²) < 4.78 is 5.39. The van der Waals surface area contributed by atoms with E-state index in [0.717, 1.165) is 37.1 Å². The molecule has 1 aromatic carbocycles. The standard InChI is InChI=1S/C16H21N3OS/c1-12(2)17-16-18-15(11-21-16)13-3-5-14(6-4-13)19-7-9-20-10-8-19/h3-6,11-12H,7-10H2,1-2H3,(H,17,18). The summed E-state index contributed by atoms with van der Waals surface area (Å²) in [5, 5.41) is 6.43. The van der Waals surface area contributed by atoms with E-state index in [0.29, 0.717) is 6.04 Å². The molecule has 0 amide bonds. The first kappa shape index (κ1) is 14.4. The van der Waals surface area contributed by atoms with E-state index in [1.54, 1.807) is 11.3 Å². The van der Waals surface area contributed by atoms with Gasteiger partial charge in [0, 0.05) is 35.8 Å². The lowest BCUT2D eigenvalue weighted by atomic mass is 10.1. The van der Waals surface area contributed by atoms with Crippen LogP contribution in [-0.2, 0) is 4.74 Å². The van der Waals surface area contributed by atoms with E-state index in [1.807, 2.05) is 0 Å². The molecule has 1 aliphatic heterocycles. The molecule has 1 N–H and O–H groups in total. The maximum Gasteiger partial charge on any atom is 0.183 e. The second-order valence-corrected chi connectivity index (χ2v) is 6.34. The number of morpholine rings is 1. The van der Waals surface area contributed by atoms with Crippen LogP contribution in [0.2, 0.25) is 0 Å². The lowest BCUT2D eigenvalue weighted by molar-refractivity contribution is 0.122. The maximum absolute atomic E-state index is 5.39. The molecular formula is C16H21N3OS. The third-order valence-electron chi connectivity index (χ3n) is 3.46. The first-order valence-electron chi connectivity index (χ1n) is 7.37. The van der Waals surface area contributed by atoms with Gasteiger partial charge in [0.1, 0.15) is 0 Å². The molecule has 1 saturated heterocycles. The van der Waals surface area contributed by atoms with E-state index in [1.165, 1.54) is 11.3 Å². The molecule has 21 heavy (non-hydrogen) atoms. The fraction of sp³-hybridized carbons (Fsp3) is 0.438. The Morgan fingerprint density at radius 1 is 1.19 bits per heavy atom. The van der Waals surface area contributed by atoms with Crippen LogP contribution >= 0.6 is 11.3 Å². The lowest BCUT2D eigenvalue weighted by Gasteiger charge is -2.28. The minimum Gasteiger partial charge on any atom is -0.378 e. The van der Waals surface area contributed by atoms with Gasteiger partial charge in [0.2, 0.25) is 0 Å². The number of hydrogen-bond acceptors (Lipinski definition) is 5. The number of nitrogens with zero attached hydrogens (tertiary/aromatic N) is 2. The van der Waals surface area contributed by atoms with Crippen LogP contribution in [0.3, 0.4) is 0 Å². The van der Waals surface area contributed by atoms with E-state index in [4.69, 9.17) is 4.74 Å². The van der Waals surface area contributed by atoms with Crippen molar-refractivity contribution >= 4 is 22.2 Å². The molecule has 112 valence electrons. The summed E-state index contributed by atoms with van der Waals surface area (Å²) in [7, 11) is 0. The number of anilines is 2. The van der Waals surface area contributed by atoms with Crippen LogP contribution in [0.25, 0.3) is 11.3 Å². The number of hydrogen-bond donors (Lipinski definition) is 1. The van der Waals surface area contributed by atoms with Gasteiger partial charge in [-0.15, -0.1) is 11.3 Å². The van der Waals surface area contributed by atoms with Gasteiger partial charge in [-0.1, -0.05) is 12.1 Å². The molecule has 0 radical (unpaired) electrons. The summed E-state index contributed by atoms with van der Waals surface area (Å²) in [6.45, 7) is 7.82. The zero-order chi connectivity index (χ0) is 14.7. The zero-order valence-corrected chi connectivity index (χ0v) is 13.3. The number of thiazole rings is 1. The van der Waals surface area contributed by atoms with Crippen LogP contribution in [0.1, 0.15) is 13.8 Å². The van der Waals surface area contributed by atoms with Crippen molar-refractivity contribution in [3.8, 4) is 11.3 Å². The van der Waals surface area contributed by atoms with Crippen molar-refractivity contribution in [1.82, 2.24) is 4.98 Å². The smallest absolute Gasteiger partial charge is 0.183 e. The van der Waals surface area contributed by atoms with Gasteiger partial charge in [0.05, 0.1) is 18.9 Å². The fourth-order valence-electron chi connectivity index (χ4n) is 2.38. The van der Waals surface area contributed by atoms with E-state index < -0.39 is 0 Å². The Balaban J connectivity index is 1.72. The summed E-state index contributed by atoms with van der Waals surface area (Å²) in [6, 6.07) is 9.07. The Kier molecular flexibility index (Phi) is 4.41. The predicted octanol–water partition coefficient (Wildman–Crippen LogP) is 3.47. The number of aromatic nitrogens is 1. The van der Waals surface area contributed by atoms with Crippen LogP contribution in [0.15, 0.2) is 29.6 Å². The second-order valence-electron chi connectivity index (χ2n) is 5.48. The highest BCUT2D eigenvalue weighted by Gasteiger charge is 2.11. The predicted molar refractivity (Wildman–Crippen MR) is 89.3 cm³/mol. The first-order valence-corrected chi connectivity index (χ1v) is 8.25. The maximum atomic E-state index is 5.39. The molecule has 1 aromatic heterocycles. The summed E-state index contributed by atoms with van der Waals surface area (Å²) in [5.74, 6) is 0. The Labute approximate surface area is 129 Å². The molecular weight excluding hydrogens is 282 g/mol. The summed E-state index contributed by atoms with van der Waals surface area (Å²) in [4.78, 5) is 7.00. The Bertz CT molecular complexity index is 573. The van der Waals surface area contributed by atoms with Crippen LogP contribution < -0.4 is 10.2 Å². The third kappa shape index (κ3) is 3.54. The Hall–Kier alpha value is -1.59. The van der Waals surface area contributed by atoms with Crippen molar-refractivity contribution < 1.29 is 4.74 Å². The quantitative estimate of drug-likeness (QED) is 0.938. The highest BCUT2D eigenvalue weighted by Crippen LogP contribution is 2.27. The van der Waals surface area contributed by atoms with Crippen molar-refractivity contribution in [3.63, 3.8) is 0 Å². The van der Waals surface area contributed by atoms with Gasteiger partial charge in [0.25, 0.3) is 0 Å². The molecule has 1 aliphatic rings. The molecule has 5 heteroatoms. The minimum atomic E-state index is 0.410. The molecule has 2 heterocycles. The highest BCUT2D eigenvalue weighted by atomic mass is 32.1. The van der Waals surface area contributed by atoms with Gasteiger partial charge in [-0.2, -0.15) is 0 Å². The summed E-state index contributed by atoms with van der Waals surface area (Å²) in [6.07, 6.45) is 0. The average Bonchev–Trinajstić information content (AvgIpc) is 2.96. The molecule has 2 aromatic rings. The van der Waals surface area contributed by atoms with E-state index >= 15 is 0 Å². The molecule has 0 saturated carbocycles. The molecule has 3 rings (SSSR count). The lowest BCUT2D eigenvalue weighted by Crippen LogP contribution is -2.36. The minimum absolute atomic E-state index is 0.410. The van der Waals surface area contributed by atoms with Gasteiger partial charge < -0.3 is 15.0 Å². The Morgan fingerprint density at radius 2 is 1.90 bits per heavy atom. The summed E-state index contributed by atoms with van der Waals surface area (Å²) in [5.41, 5.74) is 3.47. The van der Waals surface area contributed by atoms with Crippen LogP contribution in [0, 0.1) is 0 Å². The van der Waals surface area contributed by atoms with Crippen molar-refractivity contribution in [2.45, 2.75) is 19.9 Å². The topological polar surface area (TPSA) is 37.4 Å². The van der Waals surface area contributed by atoms with Crippen LogP contribution in [0.4, 0.5) is 10.8 Å². The van der Waals surface area contributed by atoms with Crippen LogP contribution in [-0.4, -0.2) is 37.3 Å². The van der Waals surface area contributed by atoms with E-state index in [-0.39, 0.29) is 0 Å². The highest BCUT2D eigenvalue weighted by molar-refractivity contribution is 7.14. The van der Waals surface area contributed by atoms with Gasteiger partial charge in [-0.25, -0.2) is 4.98 Å². The van der Waals surface area contributed by atoms with Crippen molar-refractivity contribution in [2.24, 2.45) is 0 Å². The van der Waals surface area contributed by atoms with E-state index in [9.17, 15) is 0 Å². The molecule has 0 bridgehead atoms. The second kappa shape index (κ2) is 6.45. The van der Waals surface area contributed by atoms with Gasteiger partial charge >= 0.3 is 0 Å². The fourth-order valence-corrected chi connectivity index (χ4v) is 3.25. The first-order chi connectivity index (χ1) is 10.2. The Morgan fingerprint density at radius 3 is 2.57 bits per heavy atom. The molecule has 0 atom stereocenters. The van der Waals surface area contributed by atoms with Gasteiger partial charge in [0.15, 0.2) is 5.13 Å². The van der Waals surface area contributed by atoms with Crippen molar-refractivity contribution in [1.29, 1.82) is 0 Å². The SMILES string of the molecule is CC(C)Nc1nc(-c2ccc(N3CCOCC3)cc2)cs1. The molecule has 1 fully saturated rings. The van der Waals surface area contributed by atoms with Crippen molar-refractivity contribution in [3.05, 3.63) is 29.6 Å². The zero-order valence-electron chi connectivity index (χ0n) is 12.5. The number of nitrogens with one attached hydrogen (secondary N) is 1. The van der Waals surface area contributed by atoms with Gasteiger partial charge in [-0.3, -0.25) is 0 Å². The molecule has 0 aliphatic carbocycles. The molecule has 0 unspecified atom stereocenters. The third-order valence-corrected chi connectivity index (χ3v) is 4.23. The average molecular weight is 303 g/mol.